The Bertz CT molecular complexity index is 621. The van der Waals surface area contributed by atoms with Crippen LogP contribution in [0.2, 0.25) is 5.02 Å². The molecule has 100 valence electrons. The number of nitrogens with two attached hydrogens (primary N) is 1. The lowest BCUT2D eigenvalue weighted by Crippen LogP contribution is -2.03. The van der Waals surface area contributed by atoms with E-state index in [0.717, 1.165) is 15.7 Å². The number of halogens is 2. The van der Waals surface area contributed by atoms with Gasteiger partial charge in [-0.2, -0.15) is 0 Å². The number of rotatable bonds is 3. The summed E-state index contributed by atoms with van der Waals surface area (Å²) in [5, 5.41) is 3.77. The highest BCUT2D eigenvalue weighted by atomic mass is 79.9. The molecule has 0 spiro atoms. The molecule has 0 bridgehead atoms. The van der Waals surface area contributed by atoms with Gasteiger partial charge in [-0.05, 0) is 40.5 Å². The van der Waals surface area contributed by atoms with Crippen molar-refractivity contribution in [2.24, 2.45) is 0 Å². The van der Waals surface area contributed by atoms with Crippen LogP contribution in [0.5, 0.6) is 5.75 Å². The zero-order valence-electron chi connectivity index (χ0n) is 10.4. The van der Waals surface area contributed by atoms with Gasteiger partial charge in [-0.25, -0.2) is 9.97 Å². The molecule has 0 radical (unpaired) electrons. The first kappa shape index (κ1) is 13.9. The second kappa shape index (κ2) is 5.63. The lowest BCUT2D eigenvalue weighted by atomic mass is 10.2. The van der Waals surface area contributed by atoms with Gasteiger partial charge in [0.25, 0.3) is 0 Å². The average Bonchev–Trinajstić information content (AvgIpc) is 2.36. The minimum atomic E-state index is 0.273. The fraction of sp³-hybridized carbons (Fsp3) is 0.167. The number of hydrogen-bond donors (Lipinski definition) is 2. The number of hydrogen-bond acceptors (Lipinski definition) is 5. The van der Waals surface area contributed by atoms with E-state index >= 15 is 0 Å². The van der Waals surface area contributed by atoms with Gasteiger partial charge in [0.1, 0.15) is 6.33 Å². The molecule has 3 N–H and O–H groups in total. The third kappa shape index (κ3) is 2.90. The summed E-state index contributed by atoms with van der Waals surface area (Å²) in [6, 6.07) is 3.72. The Morgan fingerprint density at radius 1 is 1.37 bits per heavy atom. The summed E-state index contributed by atoms with van der Waals surface area (Å²) in [5.41, 5.74) is 7.47. The van der Waals surface area contributed by atoms with Gasteiger partial charge in [0.15, 0.2) is 11.6 Å². The Morgan fingerprint density at radius 2 is 2.11 bits per heavy atom. The molecule has 0 saturated carbocycles. The Hall–Kier alpha value is -1.53. The molecule has 0 aliphatic carbocycles. The van der Waals surface area contributed by atoms with Crippen molar-refractivity contribution in [3.8, 4) is 5.75 Å². The van der Waals surface area contributed by atoms with Crippen LogP contribution < -0.4 is 15.8 Å². The maximum absolute atomic E-state index is 6.11. The molecule has 2 rings (SSSR count). The molecule has 0 amide bonds. The number of nitrogens with zero attached hydrogens (tertiary/aromatic N) is 2. The number of anilines is 3. The van der Waals surface area contributed by atoms with Gasteiger partial charge in [-0.15, -0.1) is 0 Å². The maximum atomic E-state index is 6.11. The highest BCUT2D eigenvalue weighted by Gasteiger charge is 2.12. The van der Waals surface area contributed by atoms with Crippen LogP contribution in [-0.4, -0.2) is 17.1 Å². The molecule has 0 saturated heterocycles. The van der Waals surface area contributed by atoms with Crippen LogP contribution in [0.1, 0.15) is 5.56 Å². The van der Waals surface area contributed by atoms with E-state index in [-0.39, 0.29) is 5.82 Å². The molecule has 0 fully saturated rings. The molecule has 0 atom stereocenters. The van der Waals surface area contributed by atoms with Gasteiger partial charge in [-0.1, -0.05) is 11.6 Å². The van der Waals surface area contributed by atoms with E-state index in [2.05, 4.69) is 31.2 Å². The SMILES string of the molecule is COc1c(N)ncnc1Nc1cc(Cl)c(C)cc1Br. The van der Waals surface area contributed by atoms with Crippen LogP contribution in [0.15, 0.2) is 22.9 Å². The first-order chi connectivity index (χ1) is 9.02. The highest BCUT2D eigenvalue weighted by Crippen LogP contribution is 2.34. The van der Waals surface area contributed by atoms with E-state index in [1.54, 1.807) is 6.07 Å². The van der Waals surface area contributed by atoms with Gasteiger partial charge in [0, 0.05) is 9.50 Å². The van der Waals surface area contributed by atoms with Crippen molar-refractivity contribution in [2.75, 3.05) is 18.2 Å². The number of benzene rings is 1. The number of aromatic nitrogens is 2. The highest BCUT2D eigenvalue weighted by molar-refractivity contribution is 9.10. The maximum Gasteiger partial charge on any atom is 0.204 e. The molecule has 1 heterocycles. The van der Waals surface area contributed by atoms with E-state index in [9.17, 15) is 0 Å². The van der Waals surface area contributed by atoms with E-state index in [1.165, 1.54) is 13.4 Å². The quantitative estimate of drug-likeness (QED) is 0.892. The van der Waals surface area contributed by atoms with Crippen molar-refractivity contribution in [3.63, 3.8) is 0 Å². The fourth-order valence-electron chi connectivity index (χ4n) is 1.55. The summed E-state index contributed by atoms with van der Waals surface area (Å²) in [6.45, 7) is 1.93. The van der Waals surface area contributed by atoms with Crippen molar-refractivity contribution in [2.45, 2.75) is 6.92 Å². The van der Waals surface area contributed by atoms with Crippen molar-refractivity contribution < 1.29 is 4.74 Å². The molecular weight excluding hydrogens is 332 g/mol. The molecule has 19 heavy (non-hydrogen) atoms. The van der Waals surface area contributed by atoms with E-state index in [4.69, 9.17) is 22.1 Å². The normalized spacial score (nSPS) is 10.3. The first-order valence-electron chi connectivity index (χ1n) is 5.40. The molecule has 2 aromatic rings. The standard InChI is InChI=1S/C12H12BrClN4O/c1-6-3-7(13)9(4-8(6)14)18-12-10(19-2)11(15)16-5-17-12/h3-5H,1-2H3,(H3,15,16,17,18). The Labute approximate surface area is 124 Å². The van der Waals surface area contributed by atoms with Crippen LogP contribution in [0.3, 0.4) is 0 Å². The zero-order valence-corrected chi connectivity index (χ0v) is 12.7. The van der Waals surface area contributed by atoms with Gasteiger partial charge in [0.05, 0.1) is 12.8 Å². The first-order valence-corrected chi connectivity index (χ1v) is 6.57. The number of aryl methyl sites for hydroxylation is 1. The number of nitrogens with one attached hydrogen (secondary N) is 1. The summed E-state index contributed by atoms with van der Waals surface area (Å²) < 4.78 is 6.05. The van der Waals surface area contributed by atoms with Gasteiger partial charge >= 0.3 is 0 Å². The van der Waals surface area contributed by atoms with Crippen molar-refractivity contribution in [3.05, 3.63) is 33.5 Å². The van der Waals surface area contributed by atoms with Crippen molar-refractivity contribution >= 4 is 44.9 Å². The van der Waals surface area contributed by atoms with Gasteiger partial charge in [-0.3, -0.25) is 0 Å². The van der Waals surface area contributed by atoms with Crippen LogP contribution in [0.4, 0.5) is 17.3 Å². The van der Waals surface area contributed by atoms with Crippen molar-refractivity contribution in [1.82, 2.24) is 9.97 Å². The molecule has 0 aliphatic rings. The molecular formula is C12H12BrClN4O. The molecule has 5 nitrogen and oxygen atoms in total. The predicted molar refractivity (Wildman–Crippen MR) is 80.2 cm³/mol. The molecule has 1 aromatic heterocycles. The largest absolute Gasteiger partial charge is 0.490 e. The van der Waals surface area contributed by atoms with Crippen LogP contribution in [0, 0.1) is 6.92 Å². The molecule has 7 heteroatoms. The molecule has 1 aromatic carbocycles. The average molecular weight is 344 g/mol. The van der Waals surface area contributed by atoms with E-state index in [0.29, 0.717) is 16.6 Å². The summed E-state index contributed by atoms with van der Waals surface area (Å²) in [7, 11) is 1.51. The monoisotopic (exact) mass is 342 g/mol. The Morgan fingerprint density at radius 3 is 2.79 bits per heavy atom. The summed E-state index contributed by atoms with van der Waals surface area (Å²) in [5.74, 6) is 1.15. The zero-order chi connectivity index (χ0) is 14.0. The topological polar surface area (TPSA) is 73.1 Å². The smallest absolute Gasteiger partial charge is 0.204 e. The Kier molecular flexibility index (Phi) is 4.11. The van der Waals surface area contributed by atoms with Crippen molar-refractivity contribution in [1.29, 1.82) is 0 Å². The summed E-state index contributed by atoms with van der Waals surface area (Å²) >= 11 is 9.57. The minimum Gasteiger partial charge on any atom is -0.490 e. The van der Waals surface area contributed by atoms with Crippen LogP contribution >= 0.6 is 27.5 Å². The third-order valence-electron chi connectivity index (χ3n) is 2.54. The lowest BCUT2D eigenvalue weighted by Gasteiger charge is -2.13. The summed E-state index contributed by atoms with van der Waals surface area (Å²) in [6.07, 6.45) is 1.36. The molecule has 0 unspecified atom stereocenters. The molecule has 0 aliphatic heterocycles. The Balaban J connectivity index is 2.42. The summed E-state index contributed by atoms with van der Waals surface area (Å²) in [4.78, 5) is 7.98. The van der Waals surface area contributed by atoms with Gasteiger partial charge < -0.3 is 15.8 Å². The number of nitrogen functional groups attached to an aromatic ring is 1. The number of ether oxygens (including phenoxy) is 1. The second-order valence-electron chi connectivity index (χ2n) is 3.85. The van der Waals surface area contributed by atoms with Gasteiger partial charge in [0.2, 0.25) is 5.75 Å². The third-order valence-corrected chi connectivity index (χ3v) is 3.60. The van der Waals surface area contributed by atoms with Crippen LogP contribution in [0.25, 0.3) is 0 Å². The second-order valence-corrected chi connectivity index (χ2v) is 5.11. The fourth-order valence-corrected chi connectivity index (χ4v) is 2.27. The van der Waals surface area contributed by atoms with Crippen LogP contribution in [-0.2, 0) is 0 Å². The van der Waals surface area contributed by atoms with E-state index in [1.807, 2.05) is 13.0 Å². The lowest BCUT2D eigenvalue weighted by molar-refractivity contribution is 0.415. The number of methoxy groups -OCH3 is 1. The minimum absolute atomic E-state index is 0.273. The predicted octanol–water partition coefficient (Wildman–Crippen LogP) is 3.54. The van der Waals surface area contributed by atoms with E-state index < -0.39 is 0 Å².